The summed E-state index contributed by atoms with van der Waals surface area (Å²) in [6, 6.07) is 2.00. The van der Waals surface area contributed by atoms with Crippen LogP contribution in [0.3, 0.4) is 0 Å². The number of nitrogens with zero attached hydrogens (tertiary/aromatic N) is 3. The van der Waals surface area contributed by atoms with Gasteiger partial charge < -0.3 is 5.32 Å². The van der Waals surface area contributed by atoms with Crippen LogP contribution in [0.5, 0.6) is 0 Å². The predicted molar refractivity (Wildman–Crippen MR) is 81.0 cm³/mol. The third-order valence-electron chi connectivity index (χ3n) is 2.56. The first-order valence-corrected chi connectivity index (χ1v) is 7.54. The highest BCUT2D eigenvalue weighted by atomic mass is 35.5. The van der Waals surface area contributed by atoms with Gasteiger partial charge in [0, 0.05) is 18.3 Å². The number of rotatable bonds is 5. The Bertz CT molecular complexity index is 553. The van der Waals surface area contributed by atoms with Crippen LogP contribution in [0.2, 0.25) is 4.34 Å². The van der Waals surface area contributed by atoms with Crippen LogP contribution in [0.15, 0.2) is 12.3 Å². The van der Waals surface area contributed by atoms with E-state index in [1.54, 1.807) is 6.20 Å². The van der Waals surface area contributed by atoms with Gasteiger partial charge in [-0.2, -0.15) is 0 Å². The summed E-state index contributed by atoms with van der Waals surface area (Å²) < 4.78 is 0.650. The van der Waals surface area contributed by atoms with E-state index in [0.717, 1.165) is 29.5 Å². The Morgan fingerprint density at radius 3 is 2.74 bits per heavy atom. The van der Waals surface area contributed by atoms with Crippen molar-refractivity contribution >= 4 is 28.8 Å². The summed E-state index contributed by atoms with van der Waals surface area (Å²) in [5.74, 6) is 1.84. The topological polar surface area (TPSA) is 50.7 Å². The van der Waals surface area contributed by atoms with Crippen LogP contribution in [0, 0.1) is 0 Å². The molecule has 0 aliphatic rings. The maximum absolute atomic E-state index is 5.92. The zero-order valence-electron chi connectivity index (χ0n) is 11.3. The number of anilines is 1. The van der Waals surface area contributed by atoms with Gasteiger partial charge in [-0.05, 0) is 12.3 Å². The van der Waals surface area contributed by atoms with Gasteiger partial charge in [-0.25, -0.2) is 15.0 Å². The average molecular weight is 297 g/mol. The second kappa shape index (κ2) is 6.30. The minimum atomic E-state index is 0.347. The molecule has 2 aromatic heterocycles. The van der Waals surface area contributed by atoms with Crippen molar-refractivity contribution in [1.29, 1.82) is 0 Å². The fourth-order valence-corrected chi connectivity index (χ4v) is 2.40. The van der Waals surface area contributed by atoms with Gasteiger partial charge in [0.2, 0.25) is 0 Å². The predicted octanol–water partition coefficient (Wildman–Crippen LogP) is 4.20. The molecular weight excluding hydrogens is 280 g/mol. The molecule has 4 nitrogen and oxygen atoms in total. The van der Waals surface area contributed by atoms with Crippen molar-refractivity contribution in [2.24, 2.45) is 0 Å². The highest BCUT2D eigenvalue weighted by Crippen LogP contribution is 2.27. The molecule has 0 radical (unpaired) electrons. The minimum absolute atomic E-state index is 0.347. The van der Waals surface area contributed by atoms with E-state index in [1.165, 1.54) is 11.3 Å². The number of hydrogen-bond donors (Lipinski definition) is 1. The van der Waals surface area contributed by atoms with Crippen LogP contribution in [0.4, 0.5) is 5.82 Å². The van der Waals surface area contributed by atoms with Gasteiger partial charge in [0.05, 0.1) is 6.20 Å². The lowest BCUT2D eigenvalue weighted by Gasteiger charge is -2.10. The Balaban J connectivity index is 2.39. The van der Waals surface area contributed by atoms with Crippen LogP contribution in [-0.2, 0) is 0 Å². The lowest BCUT2D eigenvalue weighted by molar-refractivity contribution is 0.815. The van der Waals surface area contributed by atoms with E-state index in [-0.39, 0.29) is 0 Å². The Kier molecular flexibility index (Phi) is 4.71. The Morgan fingerprint density at radius 2 is 2.16 bits per heavy atom. The molecule has 0 fully saturated rings. The summed E-state index contributed by atoms with van der Waals surface area (Å²) in [4.78, 5) is 13.3. The summed E-state index contributed by atoms with van der Waals surface area (Å²) in [7, 11) is 0. The molecule has 2 rings (SSSR count). The normalized spacial score (nSPS) is 11.0. The van der Waals surface area contributed by atoms with Crippen molar-refractivity contribution in [3.63, 3.8) is 0 Å². The number of thiazole rings is 1. The molecule has 0 saturated carbocycles. The Hall–Kier alpha value is -1.20. The van der Waals surface area contributed by atoms with Crippen LogP contribution in [0.1, 0.15) is 38.8 Å². The first-order chi connectivity index (χ1) is 9.10. The molecule has 1 N–H and O–H groups in total. The van der Waals surface area contributed by atoms with Crippen LogP contribution >= 0.6 is 22.9 Å². The fourth-order valence-electron chi connectivity index (χ4n) is 1.56. The lowest BCUT2D eigenvalue weighted by Crippen LogP contribution is -2.06. The summed E-state index contributed by atoms with van der Waals surface area (Å²) in [5.41, 5.74) is 1.01. The van der Waals surface area contributed by atoms with Gasteiger partial charge in [0.25, 0.3) is 0 Å². The standard InChI is InChI=1S/C13H17ClN4S/c1-4-5-15-11-6-9(8(2)3)17-12(18-11)13-16-7-10(14)19-13/h6-8H,4-5H2,1-3H3,(H,15,17,18). The van der Waals surface area contributed by atoms with Gasteiger partial charge in [-0.1, -0.05) is 43.7 Å². The van der Waals surface area contributed by atoms with E-state index in [0.29, 0.717) is 16.1 Å². The molecule has 19 heavy (non-hydrogen) atoms. The highest BCUT2D eigenvalue weighted by Gasteiger charge is 2.12. The molecule has 0 atom stereocenters. The Labute approximate surface area is 122 Å². The van der Waals surface area contributed by atoms with E-state index in [2.05, 4.69) is 41.0 Å². The van der Waals surface area contributed by atoms with E-state index in [1.807, 2.05) is 6.07 Å². The maximum Gasteiger partial charge on any atom is 0.190 e. The van der Waals surface area contributed by atoms with Crippen LogP contribution < -0.4 is 5.32 Å². The average Bonchev–Trinajstić information content (AvgIpc) is 2.82. The smallest absolute Gasteiger partial charge is 0.190 e. The second-order valence-electron chi connectivity index (χ2n) is 4.55. The van der Waals surface area contributed by atoms with Gasteiger partial charge in [-0.3, -0.25) is 0 Å². The number of halogens is 1. The van der Waals surface area contributed by atoms with Gasteiger partial charge >= 0.3 is 0 Å². The number of hydrogen-bond acceptors (Lipinski definition) is 5. The third kappa shape index (κ3) is 3.64. The van der Waals surface area contributed by atoms with E-state index in [4.69, 9.17) is 11.6 Å². The van der Waals surface area contributed by atoms with Crippen LogP contribution in [-0.4, -0.2) is 21.5 Å². The molecule has 102 valence electrons. The lowest BCUT2D eigenvalue weighted by atomic mass is 10.1. The van der Waals surface area contributed by atoms with Gasteiger partial charge in [0.1, 0.15) is 10.2 Å². The Morgan fingerprint density at radius 1 is 1.37 bits per heavy atom. The van der Waals surface area contributed by atoms with Crippen molar-refractivity contribution in [3.05, 3.63) is 22.3 Å². The molecule has 0 aromatic carbocycles. The minimum Gasteiger partial charge on any atom is -0.370 e. The molecule has 0 amide bonds. The van der Waals surface area contributed by atoms with Gasteiger partial charge in [0.15, 0.2) is 10.8 Å². The monoisotopic (exact) mass is 296 g/mol. The molecular formula is C13H17ClN4S. The molecule has 0 aliphatic heterocycles. The van der Waals surface area contributed by atoms with Crippen molar-refractivity contribution in [2.75, 3.05) is 11.9 Å². The molecule has 2 aromatic rings. The third-order valence-corrected chi connectivity index (χ3v) is 3.67. The molecule has 0 saturated heterocycles. The number of aromatic nitrogens is 3. The van der Waals surface area contributed by atoms with Gasteiger partial charge in [-0.15, -0.1) is 0 Å². The summed E-state index contributed by atoms with van der Waals surface area (Å²) in [5, 5.41) is 4.06. The van der Waals surface area contributed by atoms with Crippen molar-refractivity contribution < 1.29 is 0 Å². The quantitative estimate of drug-likeness (QED) is 0.898. The van der Waals surface area contributed by atoms with Crippen molar-refractivity contribution in [2.45, 2.75) is 33.1 Å². The zero-order chi connectivity index (χ0) is 13.8. The maximum atomic E-state index is 5.92. The first kappa shape index (κ1) is 14.2. The molecule has 0 spiro atoms. The first-order valence-electron chi connectivity index (χ1n) is 6.34. The molecule has 6 heteroatoms. The SMILES string of the molecule is CCCNc1cc(C(C)C)nc(-c2ncc(Cl)s2)n1. The van der Waals surface area contributed by atoms with Crippen LogP contribution in [0.25, 0.3) is 10.8 Å². The number of nitrogens with one attached hydrogen (secondary N) is 1. The van der Waals surface area contributed by atoms with Crippen molar-refractivity contribution in [3.8, 4) is 10.8 Å². The highest BCUT2D eigenvalue weighted by molar-refractivity contribution is 7.18. The fraction of sp³-hybridized carbons (Fsp3) is 0.462. The van der Waals surface area contributed by atoms with E-state index in [9.17, 15) is 0 Å². The largest absolute Gasteiger partial charge is 0.370 e. The molecule has 0 unspecified atom stereocenters. The van der Waals surface area contributed by atoms with E-state index >= 15 is 0 Å². The summed E-state index contributed by atoms with van der Waals surface area (Å²) in [6.07, 6.45) is 2.69. The summed E-state index contributed by atoms with van der Waals surface area (Å²) >= 11 is 7.32. The molecule has 0 aliphatic carbocycles. The van der Waals surface area contributed by atoms with E-state index < -0.39 is 0 Å². The second-order valence-corrected chi connectivity index (χ2v) is 6.21. The molecule has 2 heterocycles. The zero-order valence-corrected chi connectivity index (χ0v) is 12.8. The van der Waals surface area contributed by atoms with Crippen molar-refractivity contribution in [1.82, 2.24) is 15.0 Å². The molecule has 0 bridgehead atoms. The summed E-state index contributed by atoms with van der Waals surface area (Å²) in [6.45, 7) is 7.25.